The summed E-state index contributed by atoms with van der Waals surface area (Å²) in [5.41, 5.74) is 1.54. The van der Waals surface area contributed by atoms with Crippen molar-refractivity contribution in [2.75, 3.05) is 6.54 Å². The number of aromatic hydroxyl groups is 1. The van der Waals surface area contributed by atoms with Gasteiger partial charge in [-0.3, -0.25) is 0 Å². The number of aromatic carboxylic acids is 1. The maximum Gasteiger partial charge on any atom is 0.339 e. The summed E-state index contributed by atoms with van der Waals surface area (Å²) in [5, 5.41) is 32.0. The number of carboxylic acid groups (broad SMARTS) is 1. The van der Waals surface area contributed by atoms with E-state index < -0.39 is 12.1 Å². The SMILES string of the molecule is C[C@@H](CCc1ccccc1)NC[C@H](O)c1ccc(O)c(C(=O)O)c1. The second-order valence-electron chi connectivity index (χ2n) is 5.93. The molecule has 0 unspecified atom stereocenters. The molecule has 128 valence electrons. The van der Waals surface area contributed by atoms with E-state index in [-0.39, 0.29) is 17.4 Å². The van der Waals surface area contributed by atoms with E-state index in [0.717, 1.165) is 12.8 Å². The highest BCUT2D eigenvalue weighted by Gasteiger charge is 2.15. The molecular formula is C19H23NO4. The third kappa shape index (κ3) is 5.08. The molecule has 0 aromatic heterocycles. The predicted molar refractivity (Wildman–Crippen MR) is 92.3 cm³/mol. The Balaban J connectivity index is 1.85. The predicted octanol–water partition coefficient (Wildman–Crippen LogP) is 2.73. The minimum Gasteiger partial charge on any atom is -0.507 e. The largest absolute Gasteiger partial charge is 0.507 e. The van der Waals surface area contributed by atoms with E-state index in [4.69, 9.17) is 5.11 Å². The quantitative estimate of drug-likeness (QED) is 0.598. The molecule has 2 atom stereocenters. The standard InChI is InChI=1S/C19H23NO4/c1-13(7-8-14-5-3-2-4-6-14)20-12-18(22)15-9-10-17(21)16(11-15)19(23)24/h2-6,9-11,13,18,20-22H,7-8,12H2,1H3,(H,23,24)/t13-,18-/m0/s1. The van der Waals surface area contributed by atoms with Crippen LogP contribution in [0.4, 0.5) is 0 Å². The van der Waals surface area contributed by atoms with E-state index in [1.54, 1.807) is 0 Å². The summed E-state index contributed by atoms with van der Waals surface area (Å²) in [6.45, 7) is 2.37. The summed E-state index contributed by atoms with van der Waals surface area (Å²) in [4.78, 5) is 11.0. The Morgan fingerprint density at radius 3 is 2.54 bits per heavy atom. The molecule has 0 fully saturated rings. The number of hydrogen-bond acceptors (Lipinski definition) is 4. The van der Waals surface area contributed by atoms with Crippen LogP contribution in [-0.4, -0.2) is 33.9 Å². The van der Waals surface area contributed by atoms with E-state index in [1.165, 1.54) is 23.8 Å². The van der Waals surface area contributed by atoms with Crippen molar-refractivity contribution in [3.05, 3.63) is 65.2 Å². The van der Waals surface area contributed by atoms with Crippen molar-refractivity contribution in [3.8, 4) is 5.75 Å². The number of rotatable bonds is 8. The highest BCUT2D eigenvalue weighted by atomic mass is 16.4. The normalized spacial score (nSPS) is 13.4. The minimum absolute atomic E-state index is 0.205. The highest BCUT2D eigenvalue weighted by Crippen LogP contribution is 2.22. The first kappa shape index (κ1) is 18.0. The van der Waals surface area contributed by atoms with Crippen LogP contribution in [0, 0.1) is 0 Å². The van der Waals surface area contributed by atoms with Crippen LogP contribution in [0.1, 0.15) is 40.9 Å². The van der Waals surface area contributed by atoms with Crippen molar-refractivity contribution in [2.45, 2.75) is 31.9 Å². The Morgan fingerprint density at radius 1 is 1.17 bits per heavy atom. The zero-order valence-corrected chi connectivity index (χ0v) is 13.6. The van der Waals surface area contributed by atoms with Gasteiger partial charge in [-0.15, -0.1) is 0 Å². The molecule has 0 radical (unpaired) electrons. The third-order valence-corrected chi connectivity index (χ3v) is 4.00. The van der Waals surface area contributed by atoms with Crippen molar-refractivity contribution in [1.29, 1.82) is 0 Å². The zero-order valence-electron chi connectivity index (χ0n) is 13.6. The summed E-state index contributed by atoms with van der Waals surface area (Å²) >= 11 is 0. The van der Waals surface area contributed by atoms with Crippen LogP contribution < -0.4 is 5.32 Å². The monoisotopic (exact) mass is 329 g/mol. The Morgan fingerprint density at radius 2 is 1.88 bits per heavy atom. The molecule has 0 spiro atoms. The van der Waals surface area contributed by atoms with E-state index in [2.05, 4.69) is 24.4 Å². The summed E-state index contributed by atoms with van der Waals surface area (Å²) in [5.74, 6) is -1.52. The van der Waals surface area contributed by atoms with Crippen LogP contribution in [0.25, 0.3) is 0 Å². The molecule has 2 rings (SSSR count). The molecule has 5 heteroatoms. The lowest BCUT2D eigenvalue weighted by molar-refractivity contribution is 0.0693. The van der Waals surface area contributed by atoms with Crippen LogP contribution in [0.3, 0.4) is 0 Å². The average Bonchev–Trinajstić information content (AvgIpc) is 2.59. The van der Waals surface area contributed by atoms with Gasteiger partial charge in [0.2, 0.25) is 0 Å². The summed E-state index contributed by atoms with van der Waals surface area (Å²) in [6.07, 6.45) is 1.06. The van der Waals surface area contributed by atoms with Crippen molar-refractivity contribution in [2.24, 2.45) is 0 Å². The summed E-state index contributed by atoms with van der Waals surface area (Å²) in [7, 11) is 0. The Kier molecular flexibility index (Phi) is 6.35. The Hall–Kier alpha value is -2.37. The molecule has 0 amide bonds. The molecule has 2 aromatic carbocycles. The second-order valence-corrected chi connectivity index (χ2v) is 5.93. The van der Waals surface area contributed by atoms with Crippen molar-refractivity contribution >= 4 is 5.97 Å². The number of phenols is 1. The molecule has 0 aliphatic rings. The van der Waals surface area contributed by atoms with Gasteiger partial charge < -0.3 is 20.6 Å². The lowest BCUT2D eigenvalue weighted by Gasteiger charge is -2.18. The lowest BCUT2D eigenvalue weighted by atomic mass is 10.0. The smallest absolute Gasteiger partial charge is 0.339 e. The van der Waals surface area contributed by atoms with Gasteiger partial charge in [0, 0.05) is 12.6 Å². The molecule has 0 saturated carbocycles. The first-order valence-corrected chi connectivity index (χ1v) is 7.99. The molecule has 0 bridgehead atoms. The van der Waals surface area contributed by atoms with Gasteiger partial charge in [0.1, 0.15) is 11.3 Å². The Bertz CT molecular complexity index is 672. The maximum atomic E-state index is 11.0. The average molecular weight is 329 g/mol. The van der Waals surface area contributed by atoms with E-state index in [0.29, 0.717) is 12.1 Å². The first-order valence-electron chi connectivity index (χ1n) is 7.99. The van der Waals surface area contributed by atoms with Gasteiger partial charge in [-0.2, -0.15) is 0 Å². The van der Waals surface area contributed by atoms with Gasteiger partial charge in [0.15, 0.2) is 0 Å². The third-order valence-electron chi connectivity index (χ3n) is 4.00. The lowest BCUT2D eigenvalue weighted by Crippen LogP contribution is -2.30. The van der Waals surface area contributed by atoms with E-state index in [1.807, 2.05) is 18.2 Å². The highest BCUT2D eigenvalue weighted by molar-refractivity contribution is 5.90. The van der Waals surface area contributed by atoms with Crippen molar-refractivity contribution < 1.29 is 20.1 Å². The van der Waals surface area contributed by atoms with Crippen LogP contribution >= 0.6 is 0 Å². The topological polar surface area (TPSA) is 89.8 Å². The molecule has 2 aromatic rings. The number of hydrogen-bond donors (Lipinski definition) is 4. The number of aliphatic hydroxyl groups is 1. The van der Waals surface area contributed by atoms with Gasteiger partial charge >= 0.3 is 5.97 Å². The van der Waals surface area contributed by atoms with Crippen LogP contribution in [0.2, 0.25) is 0 Å². The van der Waals surface area contributed by atoms with Gasteiger partial charge in [-0.1, -0.05) is 36.4 Å². The van der Waals surface area contributed by atoms with E-state index >= 15 is 0 Å². The van der Waals surface area contributed by atoms with Crippen LogP contribution in [-0.2, 0) is 6.42 Å². The maximum absolute atomic E-state index is 11.0. The molecule has 0 aliphatic heterocycles. The molecule has 0 saturated heterocycles. The number of carbonyl (C=O) groups is 1. The molecule has 0 heterocycles. The molecule has 0 aliphatic carbocycles. The number of aliphatic hydroxyl groups excluding tert-OH is 1. The Labute approximate surface area is 141 Å². The molecule has 5 nitrogen and oxygen atoms in total. The number of benzene rings is 2. The minimum atomic E-state index is -1.22. The molecule has 24 heavy (non-hydrogen) atoms. The molecule has 4 N–H and O–H groups in total. The van der Waals surface area contributed by atoms with E-state index in [9.17, 15) is 15.0 Å². The van der Waals surface area contributed by atoms with Crippen LogP contribution in [0.5, 0.6) is 5.75 Å². The number of aryl methyl sites for hydroxylation is 1. The van der Waals surface area contributed by atoms with Crippen molar-refractivity contribution in [3.63, 3.8) is 0 Å². The zero-order chi connectivity index (χ0) is 17.5. The van der Waals surface area contributed by atoms with Gasteiger partial charge in [-0.05, 0) is 43.0 Å². The number of carboxylic acids is 1. The molecular weight excluding hydrogens is 306 g/mol. The first-order chi connectivity index (χ1) is 11.5. The fourth-order valence-electron chi connectivity index (χ4n) is 2.49. The van der Waals surface area contributed by atoms with Crippen LogP contribution in [0.15, 0.2) is 48.5 Å². The number of nitrogens with one attached hydrogen (secondary N) is 1. The van der Waals surface area contributed by atoms with Gasteiger partial charge in [0.05, 0.1) is 6.10 Å². The summed E-state index contributed by atoms with van der Waals surface area (Å²) in [6, 6.07) is 14.5. The fourth-order valence-corrected chi connectivity index (χ4v) is 2.49. The fraction of sp³-hybridized carbons (Fsp3) is 0.316. The second kappa shape index (κ2) is 8.47. The van der Waals surface area contributed by atoms with Gasteiger partial charge in [-0.25, -0.2) is 4.79 Å². The van der Waals surface area contributed by atoms with Crippen molar-refractivity contribution in [1.82, 2.24) is 5.32 Å². The van der Waals surface area contributed by atoms with Gasteiger partial charge in [0.25, 0.3) is 0 Å². The summed E-state index contributed by atoms with van der Waals surface area (Å²) < 4.78 is 0.